The van der Waals surface area contributed by atoms with Gasteiger partial charge in [0.25, 0.3) is 5.69 Å². The molecule has 108 valence electrons. The van der Waals surface area contributed by atoms with E-state index in [4.69, 9.17) is 9.84 Å². The van der Waals surface area contributed by atoms with Gasteiger partial charge < -0.3 is 9.84 Å². The summed E-state index contributed by atoms with van der Waals surface area (Å²) in [6.45, 7) is 2.13. The lowest BCUT2D eigenvalue weighted by Crippen LogP contribution is -2.24. The van der Waals surface area contributed by atoms with E-state index in [9.17, 15) is 14.9 Å². The van der Waals surface area contributed by atoms with Gasteiger partial charge in [-0.1, -0.05) is 13.3 Å². The average molecular weight is 279 g/mol. The van der Waals surface area contributed by atoms with Crippen molar-refractivity contribution in [2.75, 3.05) is 0 Å². The summed E-state index contributed by atoms with van der Waals surface area (Å²) in [7, 11) is 0. The highest BCUT2D eigenvalue weighted by Crippen LogP contribution is 2.31. The predicted octanol–water partition coefficient (Wildman–Crippen LogP) is 3.25. The third-order valence-corrected chi connectivity index (χ3v) is 3.59. The minimum atomic E-state index is -1.14. The number of nitrogens with zero attached hydrogens (tertiary/aromatic N) is 1. The highest BCUT2D eigenvalue weighted by molar-refractivity contribution is 5.91. The molecule has 1 aliphatic rings. The topological polar surface area (TPSA) is 89.7 Å². The van der Waals surface area contributed by atoms with Crippen LogP contribution in [0.15, 0.2) is 18.2 Å². The van der Waals surface area contributed by atoms with Gasteiger partial charge in [0, 0.05) is 6.07 Å². The molecule has 0 saturated heterocycles. The highest BCUT2D eigenvalue weighted by Gasteiger charge is 2.23. The molecule has 1 aromatic rings. The van der Waals surface area contributed by atoms with Crippen molar-refractivity contribution in [2.45, 2.75) is 38.7 Å². The summed E-state index contributed by atoms with van der Waals surface area (Å²) in [6.07, 6.45) is 3.80. The summed E-state index contributed by atoms with van der Waals surface area (Å²) >= 11 is 0. The zero-order chi connectivity index (χ0) is 14.7. The molecule has 6 nitrogen and oxygen atoms in total. The van der Waals surface area contributed by atoms with Crippen LogP contribution in [0.25, 0.3) is 0 Å². The molecule has 0 heterocycles. The van der Waals surface area contributed by atoms with Crippen molar-refractivity contribution in [3.8, 4) is 5.75 Å². The fraction of sp³-hybridized carbons (Fsp3) is 0.500. The SMILES string of the molecule is CC1CCCC(Oc2cc([N+](=O)[O-])ccc2C(=O)O)C1. The maximum absolute atomic E-state index is 11.2. The maximum atomic E-state index is 11.2. The number of aromatic carboxylic acids is 1. The van der Waals surface area contributed by atoms with E-state index in [2.05, 4.69) is 6.92 Å². The van der Waals surface area contributed by atoms with Crippen LogP contribution in [0.1, 0.15) is 43.0 Å². The molecular weight excluding hydrogens is 262 g/mol. The van der Waals surface area contributed by atoms with E-state index in [0.29, 0.717) is 5.92 Å². The van der Waals surface area contributed by atoms with Gasteiger partial charge in [-0.05, 0) is 31.2 Å². The summed E-state index contributed by atoms with van der Waals surface area (Å²) in [5, 5.41) is 19.9. The number of nitro benzene ring substituents is 1. The number of carboxylic acid groups (broad SMARTS) is 1. The first-order chi connectivity index (χ1) is 9.47. The molecule has 0 aromatic heterocycles. The Balaban J connectivity index is 2.25. The molecule has 2 rings (SSSR count). The van der Waals surface area contributed by atoms with Gasteiger partial charge in [0.2, 0.25) is 0 Å². The number of rotatable bonds is 4. The zero-order valence-corrected chi connectivity index (χ0v) is 11.2. The summed E-state index contributed by atoms with van der Waals surface area (Å²) < 4.78 is 5.72. The zero-order valence-electron chi connectivity index (χ0n) is 11.2. The van der Waals surface area contributed by atoms with Crippen LogP contribution in [0.5, 0.6) is 5.75 Å². The first kappa shape index (κ1) is 14.3. The Kier molecular flexibility index (Phi) is 4.22. The van der Waals surface area contributed by atoms with Crippen LogP contribution in [0, 0.1) is 16.0 Å². The summed E-state index contributed by atoms with van der Waals surface area (Å²) in [4.78, 5) is 21.4. The first-order valence-electron chi connectivity index (χ1n) is 6.65. The maximum Gasteiger partial charge on any atom is 0.339 e. The Morgan fingerprint density at radius 2 is 2.20 bits per heavy atom. The molecule has 20 heavy (non-hydrogen) atoms. The van der Waals surface area contributed by atoms with Crippen molar-refractivity contribution in [3.63, 3.8) is 0 Å². The van der Waals surface area contributed by atoms with Crippen LogP contribution < -0.4 is 4.74 Å². The van der Waals surface area contributed by atoms with Crippen LogP contribution >= 0.6 is 0 Å². The summed E-state index contributed by atoms with van der Waals surface area (Å²) in [5.74, 6) is -0.523. The highest BCUT2D eigenvalue weighted by atomic mass is 16.6. The van der Waals surface area contributed by atoms with Gasteiger partial charge >= 0.3 is 5.97 Å². The Morgan fingerprint density at radius 3 is 2.80 bits per heavy atom. The van der Waals surface area contributed by atoms with Crippen LogP contribution in [0.4, 0.5) is 5.69 Å². The second kappa shape index (κ2) is 5.90. The largest absolute Gasteiger partial charge is 0.489 e. The lowest BCUT2D eigenvalue weighted by Gasteiger charge is -2.27. The van der Waals surface area contributed by atoms with Crippen LogP contribution in [0.2, 0.25) is 0 Å². The van der Waals surface area contributed by atoms with Crippen molar-refractivity contribution < 1.29 is 19.6 Å². The fourth-order valence-electron chi connectivity index (χ4n) is 2.56. The molecule has 2 unspecified atom stereocenters. The molecule has 0 radical (unpaired) electrons. The van der Waals surface area contributed by atoms with Gasteiger partial charge in [-0.2, -0.15) is 0 Å². The molecule has 1 fully saturated rings. The Bertz CT molecular complexity index is 528. The Labute approximate surface area is 116 Å². The van der Waals surface area contributed by atoms with Gasteiger partial charge in [-0.15, -0.1) is 0 Å². The molecule has 1 N–H and O–H groups in total. The molecule has 0 aliphatic heterocycles. The number of benzene rings is 1. The van der Waals surface area contributed by atoms with Gasteiger partial charge in [-0.25, -0.2) is 4.79 Å². The lowest BCUT2D eigenvalue weighted by molar-refractivity contribution is -0.385. The van der Waals surface area contributed by atoms with E-state index in [0.717, 1.165) is 25.7 Å². The third-order valence-electron chi connectivity index (χ3n) is 3.59. The van der Waals surface area contributed by atoms with Gasteiger partial charge in [0.15, 0.2) is 0 Å². The van der Waals surface area contributed by atoms with Crippen LogP contribution in [0.3, 0.4) is 0 Å². The molecule has 6 heteroatoms. The molecule has 2 atom stereocenters. The molecular formula is C14H17NO5. The summed E-state index contributed by atoms with van der Waals surface area (Å²) in [5.41, 5.74) is -0.192. The third kappa shape index (κ3) is 3.26. The fourth-order valence-corrected chi connectivity index (χ4v) is 2.56. The van der Waals surface area contributed by atoms with E-state index in [-0.39, 0.29) is 23.1 Å². The summed E-state index contributed by atoms with van der Waals surface area (Å²) in [6, 6.07) is 3.60. The van der Waals surface area contributed by atoms with E-state index in [1.165, 1.54) is 18.2 Å². The van der Waals surface area contributed by atoms with Crippen molar-refractivity contribution in [1.29, 1.82) is 0 Å². The van der Waals surface area contributed by atoms with E-state index in [1.54, 1.807) is 0 Å². The number of hydrogen-bond donors (Lipinski definition) is 1. The molecule has 0 amide bonds. The second-order valence-electron chi connectivity index (χ2n) is 5.25. The monoisotopic (exact) mass is 279 g/mol. The number of ether oxygens (including phenoxy) is 1. The normalized spacial score (nSPS) is 22.2. The van der Waals surface area contributed by atoms with Crippen molar-refractivity contribution >= 4 is 11.7 Å². The number of non-ortho nitro benzene ring substituents is 1. The molecule has 1 aliphatic carbocycles. The Morgan fingerprint density at radius 1 is 1.45 bits per heavy atom. The molecule has 0 spiro atoms. The number of nitro groups is 1. The van der Waals surface area contributed by atoms with E-state index in [1.807, 2.05) is 0 Å². The van der Waals surface area contributed by atoms with Crippen molar-refractivity contribution in [2.24, 2.45) is 5.92 Å². The lowest BCUT2D eigenvalue weighted by atomic mass is 9.88. The molecule has 1 saturated carbocycles. The van der Waals surface area contributed by atoms with Crippen LogP contribution in [-0.4, -0.2) is 22.1 Å². The van der Waals surface area contributed by atoms with E-state index >= 15 is 0 Å². The van der Waals surface area contributed by atoms with Gasteiger partial charge in [0.1, 0.15) is 11.3 Å². The minimum Gasteiger partial charge on any atom is -0.489 e. The van der Waals surface area contributed by atoms with Gasteiger partial charge in [0.05, 0.1) is 17.1 Å². The predicted molar refractivity (Wildman–Crippen MR) is 72.1 cm³/mol. The Hall–Kier alpha value is -2.11. The standard InChI is InChI=1S/C14H17NO5/c1-9-3-2-4-11(7-9)20-13-8-10(15(18)19)5-6-12(13)14(16)17/h5-6,8-9,11H,2-4,7H2,1H3,(H,16,17). The second-order valence-corrected chi connectivity index (χ2v) is 5.25. The molecule has 1 aromatic carbocycles. The number of carboxylic acids is 1. The van der Waals surface area contributed by atoms with Gasteiger partial charge in [-0.3, -0.25) is 10.1 Å². The van der Waals surface area contributed by atoms with Crippen molar-refractivity contribution in [3.05, 3.63) is 33.9 Å². The first-order valence-corrected chi connectivity index (χ1v) is 6.65. The minimum absolute atomic E-state index is 0.0335. The number of hydrogen-bond acceptors (Lipinski definition) is 4. The average Bonchev–Trinajstić information content (AvgIpc) is 2.38. The van der Waals surface area contributed by atoms with Crippen LogP contribution in [-0.2, 0) is 0 Å². The smallest absolute Gasteiger partial charge is 0.339 e. The molecule has 0 bridgehead atoms. The van der Waals surface area contributed by atoms with Crippen molar-refractivity contribution in [1.82, 2.24) is 0 Å². The van der Waals surface area contributed by atoms with E-state index < -0.39 is 10.9 Å². The quantitative estimate of drug-likeness (QED) is 0.675. The number of carbonyl (C=O) groups is 1.